The second-order valence-electron chi connectivity index (χ2n) is 5.46. The third-order valence-electron chi connectivity index (χ3n) is 2.79. The fraction of sp³-hybridized carbons (Fsp3) is 0.235. The molecule has 23 heavy (non-hydrogen) atoms. The van der Waals surface area contributed by atoms with Gasteiger partial charge in [0.25, 0.3) is 0 Å². The highest BCUT2D eigenvalue weighted by Crippen LogP contribution is 2.26. The molecular weight excluding hydrogens is 296 g/mol. The van der Waals surface area contributed by atoms with Crippen LogP contribution in [0.1, 0.15) is 26.5 Å². The van der Waals surface area contributed by atoms with Gasteiger partial charge in [0.2, 0.25) is 0 Å². The summed E-state index contributed by atoms with van der Waals surface area (Å²) in [5, 5.41) is 18.8. The molecular formula is C17H20N2O4. The first kappa shape index (κ1) is 18.3. The standard InChI is InChI=1S/C12H14N2O.C5H6O3/c1-12(2,15)11-9(13)7-8-5-3-4-6-10(8)14-11;1-4(6)2-3-5(7)8/h3-7,15H,13H2,1-2H3;2-3H,1H3,(H,7,8)/b;3-2+. The Hall–Kier alpha value is -2.73. The van der Waals surface area contributed by atoms with Gasteiger partial charge in [-0.1, -0.05) is 18.2 Å². The molecule has 1 aromatic heterocycles. The molecule has 122 valence electrons. The molecule has 2 rings (SSSR count). The maximum Gasteiger partial charge on any atom is 0.328 e. The van der Waals surface area contributed by atoms with E-state index in [2.05, 4.69) is 4.98 Å². The lowest BCUT2D eigenvalue weighted by molar-refractivity contribution is -0.131. The van der Waals surface area contributed by atoms with Gasteiger partial charge < -0.3 is 15.9 Å². The van der Waals surface area contributed by atoms with Gasteiger partial charge in [-0.05, 0) is 39.0 Å². The summed E-state index contributed by atoms with van der Waals surface area (Å²) >= 11 is 0. The highest BCUT2D eigenvalue weighted by Gasteiger charge is 2.21. The van der Waals surface area contributed by atoms with E-state index in [0.717, 1.165) is 23.1 Å². The Morgan fingerprint density at radius 3 is 2.30 bits per heavy atom. The van der Waals surface area contributed by atoms with E-state index < -0.39 is 11.6 Å². The number of nitrogens with two attached hydrogens (primary N) is 1. The van der Waals surface area contributed by atoms with Crippen molar-refractivity contribution in [3.8, 4) is 0 Å². The van der Waals surface area contributed by atoms with E-state index in [1.807, 2.05) is 30.3 Å². The Kier molecular flexibility index (Phi) is 5.98. The molecule has 1 aromatic carbocycles. The number of fused-ring (bicyclic) bond motifs is 1. The molecule has 0 unspecified atom stereocenters. The number of para-hydroxylation sites is 1. The molecule has 0 amide bonds. The van der Waals surface area contributed by atoms with Crippen LogP contribution >= 0.6 is 0 Å². The number of nitrogen functional groups attached to an aromatic ring is 1. The van der Waals surface area contributed by atoms with Gasteiger partial charge in [-0.3, -0.25) is 4.79 Å². The number of aromatic nitrogens is 1. The van der Waals surface area contributed by atoms with E-state index in [-0.39, 0.29) is 5.78 Å². The number of anilines is 1. The fourth-order valence-corrected chi connectivity index (χ4v) is 1.81. The summed E-state index contributed by atoms with van der Waals surface area (Å²) in [7, 11) is 0. The van der Waals surface area contributed by atoms with Crippen LogP contribution in [-0.4, -0.2) is 26.9 Å². The van der Waals surface area contributed by atoms with E-state index in [1.54, 1.807) is 13.8 Å². The van der Waals surface area contributed by atoms with Gasteiger partial charge >= 0.3 is 5.97 Å². The Morgan fingerprint density at radius 1 is 1.22 bits per heavy atom. The smallest absolute Gasteiger partial charge is 0.328 e. The molecule has 6 nitrogen and oxygen atoms in total. The van der Waals surface area contributed by atoms with Crippen molar-refractivity contribution in [2.75, 3.05) is 5.73 Å². The Balaban J connectivity index is 0.000000284. The average Bonchev–Trinajstić information content (AvgIpc) is 2.44. The number of ketones is 1. The maximum absolute atomic E-state index is 10.00. The van der Waals surface area contributed by atoms with Crippen molar-refractivity contribution >= 4 is 28.3 Å². The van der Waals surface area contributed by atoms with Crippen LogP contribution < -0.4 is 5.73 Å². The topological polar surface area (TPSA) is 114 Å². The quantitative estimate of drug-likeness (QED) is 0.748. The van der Waals surface area contributed by atoms with Gasteiger partial charge in [0, 0.05) is 11.5 Å². The highest BCUT2D eigenvalue weighted by molar-refractivity contribution is 5.93. The van der Waals surface area contributed by atoms with Crippen LogP contribution in [-0.2, 0) is 15.2 Å². The third kappa shape index (κ3) is 5.88. The lowest BCUT2D eigenvalue weighted by Gasteiger charge is -2.19. The SMILES string of the molecule is CC(=O)/C=C/C(=O)O.CC(C)(O)c1nc2ccccc2cc1N. The second kappa shape index (κ2) is 7.51. The molecule has 0 radical (unpaired) electrons. The first-order valence-electron chi connectivity index (χ1n) is 6.91. The van der Waals surface area contributed by atoms with Crippen molar-refractivity contribution in [1.82, 2.24) is 4.98 Å². The van der Waals surface area contributed by atoms with Gasteiger partial charge in [-0.15, -0.1) is 0 Å². The average molecular weight is 316 g/mol. The number of rotatable bonds is 3. The summed E-state index contributed by atoms with van der Waals surface area (Å²) in [4.78, 5) is 24.0. The van der Waals surface area contributed by atoms with E-state index in [4.69, 9.17) is 10.8 Å². The minimum atomic E-state index is -1.10. The number of hydrogen-bond acceptors (Lipinski definition) is 5. The molecule has 0 aliphatic heterocycles. The molecule has 1 heterocycles. The monoisotopic (exact) mass is 316 g/mol. The lowest BCUT2D eigenvalue weighted by Crippen LogP contribution is -2.19. The summed E-state index contributed by atoms with van der Waals surface area (Å²) < 4.78 is 0. The van der Waals surface area contributed by atoms with Crippen LogP contribution in [0, 0.1) is 0 Å². The normalized spacial score (nSPS) is 11.1. The predicted molar refractivity (Wildman–Crippen MR) is 88.9 cm³/mol. The molecule has 6 heteroatoms. The second-order valence-corrected chi connectivity index (χ2v) is 5.46. The van der Waals surface area contributed by atoms with E-state index in [1.165, 1.54) is 6.92 Å². The molecule has 0 saturated carbocycles. The number of carbonyl (C=O) groups excluding carboxylic acids is 1. The van der Waals surface area contributed by atoms with Crippen molar-refractivity contribution in [3.05, 3.63) is 48.2 Å². The zero-order valence-electron chi connectivity index (χ0n) is 13.3. The number of benzene rings is 1. The zero-order valence-corrected chi connectivity index (χ0v) is 13.3. The summed E-state index contributed by atoms with van der Waals surface area (Å²) in [6.07, 6.45) is 1.81. The van der Waals surface area contributed by atoms with Crippen LogP contribution in [0.15, 0.2) is 42.5 Å². The van der Waals surface area contributed by atoms with Gasteiger partial charge in [0.15, 0.2) is 5.78 Å². The Morgan fingerprint density at radius 2 is 1.83 bits per heavy atom. The number of hydrogen-bond donors (Lipinski definition) is 3. The summed E-state index contributed by atoms with van der Waals surface area (Å²) in [5.41, 5.74) is 6.75. The number of pyridine rings is 1. The van der Waals surface area contributed by atoms with Crippen LogP contribution in [0.3, 0.4) is 0 Å². The molecule has 0 fully saturated rings. The van der Waals surface area contributed by atoms with E-state index in [9.17, 15) is 14.7 Å². The van der Waals surface area contributed by atoms with Gasteiger partial charge in [0.05, 0.1) is 16.9 Å². The number of carboxylic acid groups (broad SMARTS) is 1. The first-order valence-corrected chi connectivity index (χ1v) is 6.91. The van der Waals surface area contributed by atoms with Crippen molar-refractivity contribution in [1.29, 1.82) is 0 Å². The van der Waals surface area contributed by atoms with Crippen LogP contribution in [0.25, 0.3) is 10.9 Å². The van der Waals surface area contributed by atoms with Crippen molar-refractivity contribution in [2.45, 2.75) is 26.4 Å². The van der Waals surface area contributed by atoms with Crippen LogP contribution in [0.2, 0.25) is 0 Å². The van der Waals surface area contributed by atoms with E-state index in [0.29, 0.717) is 11.4 Å². The molecule has 0 aliphatic rings. The zero-order chi connectivity index (χ0) is 17.6. The lowest BCUT2D eigenvalue weighted by atomic mass is 10.0. The summed E-state index contributed by atoms with van der Waals surface area (Å²) in [5.74, 6) is -1.35. The maximum atomic E-state index is 10.00. The number of aliphatic hydroxyl groups is 1. The van der Waals surface area contributed by atoms with Crippen molar-refractivity contribution < 1.29 is 19.8 Å². The number of carboxylic acids is 1. The van der Waals surface area contributed by atoms with Gasteiger partial charge in [0.1, 0.15) is 5.60 Å². The molecule has 0 aliphatic carbocycles. The molecule has 0 atom stereocenters. The van der Waals surface area contributed by atoms with Crippen molar-refractivity contribution in [2.24, 2.45) is 0 Å². The third-order valence-corrected chi connectivity index (χ3v) is 2.79. The number of carbonyl (C=O) groups is 2. The van der Waals surface area contributed by atoms with Crippen molar-refractivity contribution in [3.63, 3.8) is 0 Å². The number of aliphatic carboxylic acids is 1. The molecule has 4 N–H and O–H groups in total. The molecule has 0 spiro atoms. The molecule has 0 saturated heterocycles. The Bertz CT molecular complexity index is 730. The minimum absolute atomic E-state index is 0.257. The molecule has 0 bridgehead atoms. The van der Waals surface area contributed by atoms with Gasteiger partial charge in [-0.2, -0.15) is 0 Å². The number of nitrogens with zero attached hydrogens (tertiary/aromatic N) is 1. The minimum Gasteiger partial charge on any atom is -0.478 e. The number of allylic oxidation sites excluding steroid dienone is 1. The highest BCUT2D eigenvalue weighted by atomic mass is 16.4. The van der Waals surface area contributed by atoms with Crippen LogP contribution in [0.5, 0.6) is 0 Å². The van der Waals surface area contributed by atoms with E-state index >= 15 is 0 Å². The fourth-order valence-electron chi connectivity index (χ4n) is 1.81. The first-order chi connectivity index (χ1) is 10.6. The van der Waals surface area contributed by atoms with Gasteiger partial charge in [-0.25, -0.2) is 9.78 Å². The Labute approximate surface area is 134 Å². The van der Waals surface area contributed by atoms with Crippen LogP contribution in [0.4, 0.5) is 5.69 Å². The largest absolute Gasteiger partial charge is 0.478 e. The summed E-state index contributed by atoms with van der Waals surface area (Å²) in [6, 6.07) is 9.55. The summed E-state index contributed by atoms with van der Waals surface area (Å²) in [6.45, 7) is 4.65. The molecule has 2 aromatic rings. The predicted octanol–water partition coefficient (Wildman–Crippen LogP) is 2.26.